The van der Waals surface area contributed by atoms with E-state index in [0.717, 1.165) is 6.26 Å². The molecular weight excluding hydrogens is 382 g/mol. The average molecular weight is 405 g/mol. The molecule has 0 saturated carbocycles. The molecule has 9 heteroatoms. The third-order valence-electron chi connectivity index (χ3n) is 4.59. The van der Waals surface area contributed by atoms with Gasteiger partial charge in [-0.2, -0.15) is 5.10 Å². The largest absolute Gasteiger partial charge is 0.493 e. The molecule has 0 atom stereocenters. The average Bonchev–Trinajstić information content (AvgIpc) is 3.22. The standard InChI is InChI=1S/C19H23N3O5S/c1-11-12(17(23)13-10-20-22(18(13)24)19(2,3)4)6-7-15(28(5,25)26)16(11)14-8-9-27-21-14/h6-7,10,24H,8-9H2,1-5H3. The molecule has 150 valence electrons. The van der Waals surface area contributed by atoms with Crippen LogP contribution in [0.15, 0.2) is 28.4 Å². The summed E-state index contributed by atoms with van der Waals surface area (Å²) >= 11 is 0. The molecule has 0 saturated heterocycles. The molecule has 0 fully saturated rings. The fraction of sp³-hybridized carbons (Fsp3) is 0.421. The molecule has 2 aromatic rings. The van der Waals surface area contributed by atoms with Crippen molar-refractivity contribution < 1.29 is 23.2 Å². The highest BCUT2D eigenvalue weighted by molar-refractivity contribution is 7.90. The van der Waals surface area contributed by atoms with Gasteiger partial charge in [-0.3, -0.25) is 4.79 Å². The quantitative estimate of drug-likeness (QED) is 0.782. The van der Waals surface area contributed by atoms with Gasteiger partial charge in [-0.05, 0) is 45.4 Å². The Morgan fingerprint density at radius 1 is 1.25 bits per heavy atom. The Kier molecular flexibility index (Phi) is 4.82. The van der Waals surface area contributed by atoms with Crippen molar-refractivity contribution in [2.24, 2.45) is 5.16 Å². The maximum absolute atomic E-state index is 13.1. The minimum absolute atomic E-state index is 0.0562. The van der Waals surface area contributed by atoms with E-state index in [1.807, 2.05) is 20.8 Å². The highest BCUT2D eigenvalue weighted by Crippen LogP contribution is 2.31. The zero-order valence-corrected chi connectivity index (χ0v) is 17.3. The molecule has 1 aliphatic rings. The number of benzene rings is 1. The fourth-order valence-corrected chi connectivity index (χ4v) is 4.18. The van der Waals surface area contributed by atoms with Gasteiger partial charge >= 0.3 is 0 Å². The summed E-state index contributed by atoms with van der Waals surface area (Å²) < 4.78 is 25.9. The first-order valence-electron chi connectivity index (χ1n) is 8.78. The van der Waals surface area contributed by atoms with Crippen LogP contribution in [0.5, 0.6) is 5.88 Å². The van der Waals surface area contributed by atoms with Gasteiger partial charge in [0.05, 0.1) is 22.3 Å². The number of aromatic nitrogens is 2. The van der Waals surface area contributed by atoms with Crippen LogP contribution in [0.25, 0.3) is 0 Å². The number of hydrogen-bond donors (Lipinski definition) is 1. The number of carbonyl (C=O) groups is 1. The number of sulfone groups is 1. The molecule has 0 spiro atoms. The molecular formula is C19H23N3O5S. The normalized spacial score (nSPS) is 14.7. The van der Waals surface area contributed by atoms with Gasteiger partial charge in [0.1, 0.15) is 12.2 Å². The third-order valence-corrected chi connectivity index (χ3v) is 5.73. The highest BCUT2D eigenvalue weighted by atomic mass is 32.2. The molecule has 3 rings (SSSR count). The van der Waals surface area contributed by atoms with E-state index in [0.29, 0.717) is 29.9 Å². The molecule has 0 unspecified atom stereocenters. The van der Waals surface area contributed by atoms with Crippen LogP contribution in [0.3, 0.4) is 0 Å². The van der Waals surface area contributed by atoms with E-state index in [-0.39, 0.29) is 21.9 Å². The van der Waals surface area contributed by atoms with Gasteiger partial charge in [0.2, 0.25) is 5.88 Å². The second-order valence-corrected chi connectivity index (χ2v) is 9.78. The molecule has 28 heavy (non-hydrogen) atoms. The predicted molar refractivity (Wildman–Crippen MR) is 104 cm³/mol. The van der Waals surface area contributed by atoms with Crippen molar-refractivity contribution in [1.29, 1.82) is 0 Å². The zero-order valence-electron chi connectivity index (χ0n) is 16.5. The van der Waals surface area contributed by atoms with Crippen LogP contribution < -0.4 is 0 Å². The van der Waals surface area contributed by atoms with Crippen molar-refractivity contribution in [2.75, 3.05) is 12.9 Å². The lowest BCUT2D eigenvalue weighted by atomic mass is 9.93. The smallest absolute Gasteiger partial charge is 0.221 e. The van der Waals surface area contributed by atoms with E-state index in [9.17, 15) is 18.3 Å². The lowest BCUT2D eigenvalue weighted by Gasteiger charge is -2.20. The zero-order chi connectivity index (χ0) is 20.9. The van der Waals surface area contributed by atoms with Crippen molar-refractivity contribution in [3.8, 4) is 5.88 Å². The van der Waals surface area contributed by atoms with E-state index in [2.05, 4.69) is 10.3 Å². The van der Waals surface area contributed by atoms with Gasteiger partial charge in [-0.15, -0.1) is 0 Å². The van der Waals surface area contributed by atoms with Gasteiger partial charge in [0.25, 0.3) is 0 Å². The van der Waals surface area contributed by atoms with Crippen molar-refractivity contribution in [3.63, 3.8) is 0 Å². The summed E-state index contributed by atoms with van der Waals surface area (Å²) in [5.41, 5.74) is 1.18. The monoisotopic (exact) mass is 405 g/mol. The van der Waals surface area contributed by atoms with E-state index in [1.165, 1.54) is 23.0 Å². The van der Waals surface area contributed by atoms with Gasteiger partial charge in [-0.25, -0.2) is 13.1 Å². The number of rotatable bonds is 4. The van der Waals surface area contributed by atoms with Crippen LogP contribution in [-0.4, -0.2) is 47.7 Å². The molecule has 0 aliphatic carbocycles. The molecule has 0 radical (unpaired) electrons. The first-order chi connectivity index (χ1) is 12.9. The Morgan fingerprint density at radius 3 is 2.43 bits per heavy atom. The summed E-state index contributed by atoms with van der Waals surface area (Å²) in [6.45, 7) is 7.60. The summed E-state index contributed by atoms with van der Waals surface area (Å²) in [7, 11) is -3.54. The summed E-state index contributed by atoms with van der Waals surface area (Å²) in [6.07, 6.45) is 2.89. The Hall–Kier alpha value is -2.68. The molecule has 2 heterocycles. The first-order valence-corrected chi connectivity index (χ1v) is 10.7. The first kappa shape index (κ1) is 20.1. The molecule has 1 aromatic heterocycles. The Bertz CT molecular complexity index is 1090. The number of aromatic hydroxyl groups is 1. The van der Waals surface area contributed by atoms with E-state index >= 15 is 0 Å². The number of ketones is 1. The van der Waals surface area contributed by atoms with Crippen molar-refractivity contribution in [3.05, 3.63) is 40.6 Å². The lowest BCUT2D eigenvalue weighted by molar-refractivity contribution is 0.103. The van der Waals surface area contributed by atoms with Gasteiger partial charge in [0.15, 0.2) is 15.6 Å². The summed E-state index contributed by atoms with van der Waals surface area (Å²) in [4.78, 5) is 18.3. The highest BCUT2D eigenvalue weighted by Gasteiger charge is 2.29. The third kappa shape index (κ3) is 3.42. The number of carbonyl (C=O) groups excluding carboxylic acids is 1. The Labute approximate surface area is 163 Å². The number of oxime groups is 1. The van der Waals surface area contributed by atoms with E-state index in [4.69, 9.17) is 4.84 Å². The number of nitrogens with zero attached hydrogens (tertiary/aromatic N) is 3. The van der Waals surface area contributed by atoms with Crippen molar-refractivity contribution >= 4 is 21.3 Å². The topological polar surface area (TPSA) is 111 Å². The Morgan fingerprint density at radius 2 is 1.93 bits per heavy atom. The van der Waals surface area contributed by atoms with Crippen molar-refractivity contribution in [1.82, 2.24) is 9.78 Å². The lowest BCUT2D eigenvalue weighted by Crippen LogP contribution is -2.22. The van der Waals surface area contributed by atoms with Crippen LogP contribution in [0.2, 0.25) is 0 Å². The van der Waals surface area contributed by atoms with Crippen LogP contribution >= 0.6 is 0 Å². The number of hydrogen-bond acceptors (Lipinski definition) is 7. The van der Waals surface area contributed by atoms with Crippen LogP contribution in [0, 0.1) is 6.92 Å². The molecule has 1 aliphatic heterocycles. The van der Waals surface area contributed by atoms with Gasteiger partial charge in [-0.1, -0.05) is 5.16 Å². The second kappa shape index (κ2) is 6.73. The van der Waals surface area contributed by atoms with Crippen LogP contribution in [-0.2, 0) is 20.2 Å². The Balaban J connectivity index is 2.18. The molecule has 1 N–H and O–H groups in total. The van der Waals surface area contributed by atoms with Gasteiger partial charge in [0, 0.05) is 23.8 Å². The SMILES string of the molecule is Cc1c(C(=O)c2cnn(C(C)(C)C)c2O)ccc(S(C)(=O)=O)c1C1=NOCC1. The van der Waals surface area contributed by atoms with Crippen LogP contribution in [0.4, 0.5) is 0 Å². The molecule has 0 amide bonds. The molecule has 0 bridgehead atoms. The predicted octanol–water partition coefficient (Wildman–Crippen LogP) is 2.41. The van der Waals surface area contributed by atoms with Gasteiger partial charge < -0.3 is 9.94 Å². The van der Waals surface area contributed by atoms with E-state index in [1.54, 1.807) is 6.92 Å². The minimum Gasteiger partial charge on any atom is -0.493 e. The summed E-state index contributed by atoms with van der Waals surface area (Å²) in [5.74, 6) is -0.668. The maximum Gasteiger partial charge on any atom is 0.221 e. The second-order valence-electron chi connectivity index (χ2n) is 7.80. The van der Waals surface area contributed by atoms with Crippen molar-refractivity contribution in [2.45, 2.75) is 44.6 Å². The molecule has 1 aromatic carbocycles. The molecule has 8 nitrogen and oxygen atoms in total. The van der Waals surface area contributed by atoms with E-state index < -0.39 is 21.2 Å². The summed E-state index contributed by atoms with van der Waals surface area (Å²) in [5, 5.41) is 18.6. The minimum atomic E-state index is -3.54. The summed E-state index contributed by atoms with van der Waals surface area (Å²) in [6, 6.07) is 2.86. The fourth-order valence-electron chi connectivity index (χ4n) is 3.22. The van der Waals surface area contributed by atoms with Crippen LogP contribution in [0.1, 0.15) is 54.2 Å². The maximum atomic E-state index is 13.1.